The summed E-state index contributed by atoms with van der Waals surface area (Å²) in [5, 5.41) is 8.79. The molecule has 3 aromatic rings. The zero-order chi connectivity index (χ0) is 28.6. The molecule has 0 saturated carbocycles. The van der Waals surface area contributed by atoms with Gasteiger partial charge < -0.3 is 30.2 Å². The molecule has 0 spiro atoms. The highest BCUT2D eigenvalue weighted by Gasteiger charge is 2.29. The number of carbonyl (C=O) groups excluding carboxylic acids is 2. The van der Waals surface area contributed by atoms with Gasteiger partial charge in [-0.3, -0.25) is 19.4 Å². The summed E-state index contributed by atoms with van der Waals surface area (Å²) in [6.45, 7) is 1.80. The van der Waals surface area contributed by atoms with Gasteiger partial charge in [-0.15, -0.1) is 0 Å². The van der Waals surface area contributed by atoms with Crippen molar-refractivity contribution in [3.8, 4) is 28.4 Å². The number of carbonyl (C=O) groups is 2. The molecule has 210 valence electrons. The van der Waals surface area contributed by atoms with Crippen molar-refractivity contribution in [2.45, 2.75) is 32.2 Å². The van der Waals surface area contributed by atoms with Crippen LogP contribution in [-0.2, 0) is 22.4 Å². The van der Waals surface area contributed by atoms with Gasteiger partial charge in [0.15, 0.2) is 11.5 Å². The van der Waals surface area contributed by atoms with Crippen LogP contribution in [0.2, 0.25) is 0 Å². The van der Waals surface area contributed by atoms with Crippen LogP contribution in [0.5, 0.6) is 17.2 Å². The first kappa shape index (κ1) is 28.4. The Morgan fingerprint density at radius 1 is 1.02 bits per heavy atom. The maximum atomic E-state index is 13.3. The molecule has 1 heterocycles. The number of nitrogens with zero attached hydrogens (tertiary/aromatic N) is 1. The zero-order valence-electron chi connectivity index (χ0n) is 23.1. The number of nitrogens with one attached hydrogen (secondary N) is 3. The number of hydrogen-bond acceptors (Lipinski definition) is 8. The summed E-state index contributed by atoms with van der Waals surface area (Å²) < 4.78 is 17.0. The van der Waals surface area contributed by atoms with Crippen LogP contribution < -0.4 is 35.6 Å². The first-order chi connectivity index (χ1) is 19.4. The highest BCUT2D eigenvalue weighted by molar-refractivity contribution is 5.84. The number of methoxy groups -OCH3 is 3. The Kier molecular flexibility index (Phi) is 9.21. The van der Waals surface area contributed by atoms with Crippen LogP contribution in [0, 0.1) is 0 Å². The predicted molar refractivity (Wildman–Crippen MR) is 152 cm³/mol. The van der Waals surface area contributed by atoms with Crippen molar-refractivity contribution in [2.24, 2.45) is 0 Å². The van der Waals surface area contributed by atoms with E-state index in [0.29, 0.717) is 54.2 Å². The number of rotatable bonds is 10. The van der Waals surface area contributed by atoms with Gasteiger partial charge in [-0.2, -0.15) is 0 Å². The van der Waals surface area contributed by atoms with Gasteiger partial charge in [0.25, 0.3) is 0 Å². The SMILES string of the molecule is COc1cc2c(c(OC)c1OC)-c1ccc(NCC(=O)NCCc3ccccn3)c(=O)cc1C(NC(C)=O)CC2. The monoisotopic (exact) mass is 546 g/mol. The van der Waals surface area contributed by atoms with E-state index in [9.17, 15) is 14.4 Å². The van der Waals surface area contributed by atoms with Crippen molar-refractivity contribution in [3.63, 3.8) is 0 Å². The second kappa shape index (κ2) is 13.0. The molecule has 40 heavy (non-hydrogen) atoms. The molecule has 2 aromatic carbocycles. The first-order valence-corrected chi connectivity index (χ1v) is 13.0. The molecule has 0 saturated heterocycles. The Morgan fingerprint density at radius 2 is 1.82 bits per heavy atom. The second-order valence-corrected chi connectivity index (χ2v) is 9.37. The average Bonchev–Trinajstić information content (AvgIpc) is 3.19. The maximum absolute atomic E-state index is 13.3. The van der Waals surface area contributed by atoms with Gasteiger partial charge in [-0.05, 0) is 59.9 Å². The molecule has 1 atom stereocenters. The van der Waals surface area contributed by atoms with Gasteiger partial charge in [0, 0.05) is 37.3 Å². The molecule has 1 aromatic heterocycles. The van der Waals surface area contributed by atoms with Crippen molar-refractivity contribution in [3.05, 3.63) is 75.7 Å². The average molecular weight is 547 g/mol. The maximum Gasteiger partial charge on any atom is 0.239 e. The van der Waals surface area contributed by atoms with Crippen LogP contribution in [0.15, 0.2) is 53.5 Å². The summed E-state index contributed by atoms with van der Waals surface area (Å²) in [5.74, 6) is 0.982. The summed E-state index contributed by atoms with van der Waals surface area (Å²) in [7, 11) is 4.65. The van der Waals surface area contributed by atoms with Gasteiger partial charge >= 0.3 is 0 Å². The van der Waals surface area contributed by atoms with Crippen LogP contribution in [0.4, 0.5) is 5.69 Å². The van der Waals surface area contributed by atoms with Crippen molar-refractivity contribution >= 4 is 17.5 Å². The predicted octanol–water partition coefficient (Wildman–Crippen LogP) is 3.03. The van der Waals surface area contributed by atoms with E-state index in [4.69, 9.17) is 14.2 Å². The molecule has 2 amide bonds. The van der Waals surface area contributed by atoms with E-state index in [1.54, 1.807) is 26.5 Å². The highest BCUT2D eigenvalue weighted by atomic mass is 16.5. The normalized spacial score (nSPS) is 13.7. The number of anilines is 1. The van der Waals surface area contributed by atoms with Crippen LogP contribution in [-0.4, -0.2) is 51.2 Å². The van der Waals surface area contributed by atoms with Crippen LogP contribution in [0.25, 0.3) is 11.1 Å². The lowest BCUT2D eigenvalue weighted by atomic mass is 9.95. The summed E-state index contributed by atoms with van der Waals surface area (Å²) in [4.78, 5) is 42.2. The Labute approximate surface area is 233 Å². The number of hydrogen-bond donors (Lipinski definition) is 3. The Hall–Kier alpha value is -4.60. The number of pyridine rings is 1. The third kappa shape index (κ3) is 6.33. The van der Waals surface area contributed by atoms with Gasteiger partial charge in [-0.1, -0.05) is 12.1 Å². The van der Waals surface area contributed by atoms with E-state index in [2.05, 4.69) is 20.9 Å². The minimum absolute atomic E-state index is 0.0772. The molecule has 3 N–H and O–H groups in total. The fourth-order valence-corrected chi connectivity index (χ4v) is 4.97. The van der Waals surface area contributed by atoms with Gasteiger partial charge in [-0.25, -0.2) is 0 Å². The van der Waals surface area contributed by atoms with E-state index in [-0.39, 0.29) is 29.5 Å². The summed E-state index contributed by atoms with van der Waals surface area (Å²) >= 11 is 0. The topological polar surface area (TPSA) is 128 Å². The Balaban J connectivity index is 1.67. The minimum atomic E-state index is -0.413. The molecule has 0 fully saturated rings. The Morgan fingerprint density at radius 3 is 2.50 bits per heavy atom. The quantitative estimate of drug-likeness (QED) is 0.354. The van der Waals surface area contributed by atoms with Crippen LogP contribution in [0.1, 0.15) is 36.2 Å². The smallest absolute Gasteiger partial charge is 0.239 e. The Bertz CT molecular complexity index is 1440. The molecule has 10 nitrogen and oxygen atoms in total. The molecular formula is C30H34N4O6. The zero-order valence-corrected chi connectivity index (χ0v) is 23.1. The van der Waals surface area contributed by atoms with Crippen LogP contribution in [0.3, 0.4) is 0 Å². The standard InChI is InChI=1S/C30H34N4O6/c1-18(35)34-23-10-8-19-15-26(38-2)29(39-3)30(40-4)28(19)21-9-11-24(25(36)16-22(21)23)33-17-27(37)32-14-12-20-7-5-6-13-31-20/h5-7,9,11,13,15-16,23H,8,10,12,14,17H2,1-4H3,(H,32,37)(H,33,36)(H,34,35). The lowest BCUT2D eigenvalue weighted by Gasteiger charge is -2.19. The number of fused-ring (bicyclic) bond motifs is 3. The lowest BCUT2D eigenvalue weighted by molar-refractivity contribution is -0.120. The molecule has 1 aliphatic rings. The van der Waals surface area contributed by atoms with Crippen molar-refractivity contribution in [2.75, 3.05) is 39.7 Å². The van der Waals surface area contributed by atoms with E-state index in [1.807, 2.05) is 30.3 Å². The number of amides is 2. The summed E-state index contributed by atoms with van der Waals surface area (Å²) in [6.07, 6.45) is 3.48. The summed E-state index contributed by atoms with van der Waals surface area (Å²) in [6, 6.07) is 12.1. The van der Waals surface area contributed by atoms with Gasteiger partial charge in [0.2, 0.25) is 23.0 Å². The highest BCUT2D eigenvalue weighted by Crippen LogP contribution is 2.50. The van der Waals surface area contributed by atoms with E-state index >= 15 is 0 Å². The van der Waals surface area contributed by atoms with E-state index in [0.717, 1.165) is 16.8 Å². The molecule has 1 aliphatic carbocycles. The molecule has 10 heteroatoms. The van der Waals surface area contributed by atoms with Crippen molar-refractivity contribution in [1.29, 1.82) is 0 Å². The first-order valence-electron chi connectivity index (χ1n) is 13.0. The van der Waals surface area contributed by atoms with Crippen LogP contribution >= 0.6 is 0 Å². The number of benzene rings is 1. The number of aryl methyl sites for hydroxylation is 1. The minimum Gasteiger partial charge on any atom is -0.493 e. The lowest BCUT2D eigenvalue weighted by Crippen LogP contribution is -2.32. The number of aromatic nitrogens is 1. The third-order valence-electron chi connectivity index (χ3n) is 6.78. The fourth-order valence-electron chi connectivity index (χ4n) is 4.97. The van der Waals surface area contributed by atoms with E-state index in [1.165, 1.54) is 20.1 Å². The third-order valence-corrected chi connectivity index (χ3v) is 6.78. The van der Waals surface area contributed by atoms with Crippen molar-refractivity contribution < 1.29 is 23.8 Å². The van der Waals surface area contributed by atoms with E-state index < -0.39 is 6.04 Å². The largest absolute Gasteiger partial charge is 0.493 e. The molecule has 0 aliphatic heterocycles. The molecule has 4 rings (SSSR count). The summed E-state index contributed by atoms with van der Waals surface area (Å²) in [5.41, 5.74) is 3.90. The van der Waals surface area contributed by atoms with Crippen molar-refractivity contribution in [1.82, 2.24) is 15.6 Å². The number of ether oxygens (including phenoxy) is 3. The molecule has 0 radical (unpaired) electrons. The van der Waals surface area contributed by atoms with Gasteiger partial charge in [0.1, 0.15) is 0 Å². The second-order valence-electron chi connectivity index (χ2n) is 9.37. The fraction of sp³-hybridized carbons (Fsp3) is 0.333. The molecular weight excluding hydrogens is 512 g/mol. The van der Waals surface area contributed by atoms with Gasteiger partial charge in [0.05, 0.1) is 39.6 Å². The molecule has 1 unspecified atom stereocenters. The molecule has 0 bridgehead atoms.